The Morgan fingerprint density at radius 2 is 1.06 bits per heavy atom. The predicted octanol–water partition coefficient (Wildman–Crippen LogP) is -0.423. The van der Waals surface area contributed by atoms with Gasteiger partial charge in [0.05, 0.1) is 0 Å². The van der Waals surface area contributed by atoms with E-state index in [-0.39, 0.29) is 12.2 Å². The normalized spacial score (nSPS) is 22.4. The smallest absolute Gasteiger partial charge is 0.417 e. The SMILES string of the molecule is O=C(OC1CCNCC1)C(=O)OC1CCNCC1. The minimum atomic E-state index is -0.847. The molecule has 0 aromatic heterocycles. The Morgan fingerprint density at radius 3 is 1.39 bits per heavy atom. The predicted molar refractivity (Wildman–Crippen MR) is 64.0 cm³/mol. The number of esters is 2. The summed E-state index contributed by atoms with van der Waals surface area (Å²) in [4.78, 5) is 23.1. The molecular weight excluding hydrogens is 236 g/mol. The van der Waals surface area contributed by atoms with Crippen molar-refractivity contribution >= 4 is 11.9 Å². The summed E-state index contributed by atoms with van der Waals surface area (Å²) in [5, 5.41) is 6.34. The highest BCUT2D eigenvalue weighted by molar-refractivity contribution is 6.29. The van der Waals surface area contributed by atoms with Crippen LogP contribution < -0.4 is 10.6 Å². The van der Waals surface area contributed by atoms with Crippen molar-refractivity contribution in [2.24, 2.45) is 0 Å². The van der Waals surface area contributed by atoms with Crippen molar-refractivity contribution in [3.05, 3.63) is 0 Å². The van der Waals surface area contributed by atoms with E-state index in [4.69, 9.17) is 9.47 Å². The molecule has 0 unspecified atom stereocenters. The average molecular weight is 256 g/mol. The quantitative estimate of drug-likeness (QED) is 0.516. The topological polar surface area (TPSA) is 76.7 Å². The first-order valence-electron chi connectivity index (χ1n) is 6.59. The molecule has 2 N–H and O–H groups in total. The summed E-state index contributed by atoms with van der Waals surface area (Å²) in [6.45, 7) is 3.28. The number of ether oxygens (including phenoxy) is 2. The second kappa shape index (κ2) is 6.70. The molecule has 0 spiro atoms. The molecule has 0 saturated carbocycles. The van der Waals surface area contributed by atoms with Crippen LogP contribution in [0, 0.1) is 0 Å². The zero-order valence-corrected chi connectivity index (χ0v) is 10.4. The molecule has 2 rings (SSSR count). The van der Waals surface area contributed by atoms with Crippen LogP contribution in [0.2, 0.25) is 0 Å². The molecule has 2 saturated heterocycles. The fourth-order valence-electron chi connectivity index (χ4n) is 2.23. The van der Waals surface area contributed by atoms with Crippen molar-refractivity contribution < 1.29 is 19.1 Å². The molecule has 6 heteroatoms. The van der Waals surface area contributed by atoms with E-state index in [1.54, 1.807) is 0 Å². The minimum absolute atomic E-state index is 0.153. The maximum Gasteiger partial charge on any atom is 0.417 e. The van der Waals surface area contributed by atoms with Gasteiger partial charge < -0.3 is 20.1 Å². The van der Waals surface area contributed by atoms with Crippen LogP contribution in [0.5, 0.6) is 0 Å². The molecule has 0 radical (unpaired) electrons. The first kappa shape index (κ1) is 13.3. The number of carbonyl (C=O) groups is 2. The lowest BCUT2D eigenvalue weighted by Gasteiger charge is -2.24. The lowest BCUT2D eigenvalue weighted by Crippen LogP contribution is -2.38. The zero-order chi connectivity index (χ0) is 12.8. The fourth-order valence-corrected chi connectivity index (χ4v) is 2.23. The fraction of sp³-hybridized carbons (Fsp3) is 0.833. The van der Waals surface area contributed by atoms with Gasteiger partial charge in [0.2, 0.25) is 0 Å². The summed E-state index contributed by atoms with van der Waals surface area (Å²) >= 11 is 0. The van der Waals surface area contributed by atoms with Crippen LogP contribution in [0.25, 0.3) is 0 Å². The van der Waals surface area contributed by atoms with Crippen molar-refractivity contribution in [2.75, 3.05) is 26.2 Å². The van der Waals surface area contributed by atoms with Gasteiger partial charge in [0, 0.05) is 0 Å². The number of carbonyl (C=O) groups excluding carboxylic acids is 2. The van der Waals surface area contributed by atoms with E-state index in [9.17, 15) is 9.59 Å². The molecule has 0 aromatic rings. The van der Waals surface area contributed by atoms with E-state index in [2.05, 4.69) is 10.6 Å². The van der Waals surface area contributed by atoms with Crippen molar-refractivity contribution in [2.45, 2.75) is 37.9 Å². The van der Waals surface area contributed by atoms with E-state index in [0.717, 1.165) is 51.9 Å². The first-order valence-corrected chi connectivity index (χ1v) is 6.59. The summed E-state index contributed by atoms with van der Waals surface area (Å²) in [7, 11) is 0. The monoisotopic (exact) mass is 256 g/mol. The van der Waals surface area contributed by atoms with Crippen molar-refractivity contribution in [1.29, 1.82) is 0 Å². The maximum atomic E-state index is 11.6. The molecular formula is C12H20N2O4. The summed E-state index contributed by atoms with van der Waals surface area (Å²) in [5.74, 6) is -1.69. The molecule has 6 nitrogen and oxygen atoms in total. The Hall–Kier alpha value is -1.14. The van der Waals surface area contributed by atoms with Gasteiger partial charge in [-0.15, -0.1) is 0 Å². The van der Waals surface area contributed by atoms with Gasteiger partial charge in [0.25, 0.3) is 0 Å². The van der Waals surface area contributed by atoms with Crippen molar-refractivity contribution in [3.63, 3.8) is 0 Å². The van der Waals surface area contributed by atoms with Gasteiger partial charge in [0.1, 0.15) is 12.2 Å². The highest BCUT2D eigenvalue weighted by atomic mass is 16.6. The van der Waals surface area contributed by atoms with Crippen LogP contribution in [0.4, 0.5) is 0 Å². The number of piperidine rings is 2. The molecule has 2 fully saturated rings. The van der Waals surface area contributed by atoms with Crippen LogP contribution >= 0.6 is 0 Å². The third-order valence-corrected chi connectivity index (χ3v) is 3.29. The molecule has 2 aliphatic rings. The molecule has 0 atom stereocenters. The van der Waals surface area contributed by atoms with Gasteiger partial charge in [-0.1, -0.05) is 0 Å². The van der Waals surface area contributed by atoms with Crippen LogP contribution in [-0.4, -0.2) is 50.3 Å². The van der Waals surface area contributed by atoms with E-state index >= 15 is 0 Å². The number of nitrogens with one attached hydrogen (secondary N) is 2. The van der Waals surface area contributed by atoms with Crippen LogP contribution in [0.3, 0.4) is 0 Å². The van der Waals surface area contributed by atoms with Gasteiger partial charge in [-0.05, 0) is 51.9 Å². The van der Waals surface area contributed by atoms with Crippen LogP contribution in [0.1, 0.15) is 25.7 Å². The Kier molecular flexibility index (Phi) is 4.95. The summed E-state index contributed by atoms with van der Waals surface area (Å²) < 4.78 is 10.3. The second-order valence-electron chi connectivity index (χ2n) is 4.71. The lowest BCUT2D eigenvalue weighted by atomic mass is 10.1. The van der Waals surface area contributed by atoms with E-state index in [1.807, 2.05) is 0 Å². The molecule has 2 aliphatic heterocycles. The highest BCUT2D eigenvalue weighted by Gasteiger charge is 2.26. The van der Waals surface area contributed by atoms with Gasteiger partial charge in [-0.2, -0.15) is 0 Å². The third kappa shape index (κ3) is 3.96. The maximum absolute atomic E-state index is 11.6. The Balaban J connectivity index is 1.71. The van der Waals surface area contributed by atoms with Gasteiger partial charge in [-0.3, -0.25) is 0 Å². The number of hydrogen-bond acceptors (Lipinski definition) is 6. The Labute approximate surface area is 106 Å². The number of rotatable bonds is 2. The summed E-state index contributed by atoms with van der Waals surface area (Å²) in [5.41, 5.74) is 0. The first-order chi connectivity index (χ1) is 8.75. The zero-order valence-electron chi connectivity index (χ0n) is 10.4. The van der Waals surface area contributed by atoms with Crippen LogP contribution in [0.15, 0.2) is 0 Å². The van der Waals surface area contributed by atoms with E-state index in [0.29, 0.717) is 0 Å². The molecule has 102 valence electrons. The average Bonchev–Trinajstić information content (AvgIpc) is 2.41. The second-order valence-corrected chi connectivity index (χ2v) is 4.71. The standard InChI is InChI=1S/C12H20N2O4/c15-11(17-9-1-5-13-6-2-9)12(16)18-10-3-7-14-8-4-10/h9-10,13-14H,1-8H2. The van der Waals surface area contributed by atoms with Crippen molar-refractivity contribution in [1.82, 2.24) is 10.6 Å². The van der Waals surface area contributed by atoms with Gasteiger partial charge in [0.15, 0.2) is 0 Å². The van der Waals surface area contributed by atoms with Crippen molar-refractivity contribution in [3.8, 4) is 0 Å². The third-order valence-electron chi connectivity index (χ3n) is 3.29. The number of hydrogen-bond donors (Lipinski definition) is 2. The lowest BCUT2D eigenvalue weighted by molar-refractivity contribution is -0.175. The van der Waals surface area contributed by atoms with Gasteiger partial charge in [-0.25, -0.2) is 9.59 Å². The van der Waals surface area contributed by atoms with Crippen LogP contribution in [-0.2, 0) is 19.1 Å². The Bertz CT molecular complexity index is 266. The summed E-state index contributed by atoms with van der Waals surface area (Å²) in [6.07, 6.45) is 2.72. The molecule has 18 heavy (non-hydrogen) atoms. The molecule has 0 aromatic carbocycles. The minimum Gasteiger partial charge on any atom is -0.454 e. The Morgan fingerprint density at radius 1 is 0.722 bits per heavy atom. The largest absolute Gasteiger partial charge is 0.454 e. The molecule has 2 heterocycles. The van der Waals surface area contributed by atoms with E-state index < -0.39 is 11.9 Å². The highest BCUT2D eigenvalue weighted by Crippen LogP contribution is 2.10. The molecule has 0 bridgehead atoms. The van der Waals surface area contributed by atoms with E-state index in [1.165, 1.54) is 0 Å². The molecule has 0 amide bonds. The summed E-state index contributed by atoms with van der Waals surface area (Å²) in [6, 6.07) is 0. The van der Waals surface area contributed by atoms with Gasteiger partial charge >= 0.3 is 11.9 Å². The molecule has 0 aliphatic carbocycles.